The van der Waals surface area contributed by atoms with Gasteiger partial charge in [0, 0.05) is 66.1 Å². The van der Waals surface area contributed by atoms with Gasteiger partial charge in [-0.2, -0.15) is 0 Å². The van der Waals surface area contributed by atoms with Gasteiger partial charge < -0.3 is 13.7 Å². The van der Waals surface area contributed by atoms with E-state index >= 15 is 0 Å². The Morgan fingerprint density at radius 2 is 0.571 bits per heavy atom. The van der Waals surface area contributed by atoms with Crippen molar-refractivity contribution in [2.24, 2.45) is 0 Å². The molecule has 0 amide bonds. The Hall–Kier alpha value is -10.1. The predicted molar refractivity (Wildman–Crippen MR) is 322 cm³/mol. The number of fused-ring (bicyclic) bond motifs is 9. The van der Waals surface area contributed by atoms with Crippen molar-refractivity contribution in [2.75, 3.05) is 0 Å². The number of rotatable bonds is 8. The number of benzene rings is 11. The van der Waals surface area contributed by atoms with Gasteiger partial charge in [0.05, 0.1) is 44.5 Å². The van der Waals surface area contributed by atoms with E-state index in [1.165, 1.54) is 87.8 Å². The van der Waals surface area contributed by atoms with Crippen LogP contribution in [0.2, 0.25) is 0 Å². The number of nitrogens with zero attached hydrogens (tertiary/aromatic N) is 5. The molecule has 0 atom stereocenters. The molecule has 4 aromatic heterocycles. The molecule has 15 aromatic rings. The molecule has 0 spiro atoms. The molecule has 4 heterocycles. The number of hydrogen-bond acceptors (Lipinski definition) is 2. The maximum atomic E-state index is 5.08. The van der Waals surface area contributed by atoms with Crippen LogP contribution < -0.4 is 0 Å². The van der Waals surface area contributed by atoms with Crippen LogP contribution in [0.15, 0.2) is 261 Å². The summed E-state index contributed by atoms with van der Waals surface area (Å²) in [5.41, 5.74) is 22.7. The van der Waals surface area contributed by atoms with E-state index in [1.807, 2.05) is 24.3 Å². The summed E-state index contributed by atoms with van der Waals surface area (Å²) >= 11 is 0. The van der Waals surface area contributed by atoms with Crippen LogP contribution in [-0.2, 0) is 0 Å². The van der Waals surface area contributed by atoms with Crippen molar-refractivity contribution < 1.29 is 0 Å². The van der Waals surface area contributed by atoms with Crippen molar-refractivity contribution in [3.63, 3.8) is 0 Å². The zero-order valence-electron chi connectivity index (χ0n) is 42.6. The van der Waals surface area contributed by atoms with Gasteiger partial charge in [0.2, 0.25) is 0 Å². The molecule has 11 aromatic carbocycles. The number of aromatic nitrogens is 5. The van der Waals surface area contributed by atoms with Crippen LogP contribution in [0.3, 0.4) is 0 Å². The van der Waals surface area contributed by atoms with Crippen LogP contribution >= 0.6 is 0 Å². The summed E-state index contributed by atoms with van der Waals surface area (Å²) in [5, 5.41) is 7.42. The monoisotopic (exact) mass is 983 g/mol. The zero-order valence-corrected chi connectivity index (χ0v) is 42.6. The Kier molecular flexibility index (Phi) is 10.3. The standard InChI is InChI=1S/C72H49N5/c1-46-42-61(47(2)41-60(46)48-29-31-51(32-30-48)65-45-64(50-17-5-3-6-18-50)73-72(74-65)52-19-7-4-8-20-52)49-33-35-53(36-34-49)75-70-39-37-54(76-66-25-13-9-21-56(66)57-22-10-14-26-67(57)76)43-62(70)63-44-55(38-40-71(63)75)77-68-27-15-11-23-58(68)59-24-12-16-28-69(59)77/h3-45H,1-2H3. The molecule has 0 radical (unpaired) electrons. The first-order chi connectivity index (χ1) is 38.0. The predicted octanol–water partition coefficient (Wildman–Crippen LogP) is 18.7. The van der Waals surface area contributed by atoms with E-state index in [4.69, 9.17) is 9.97 Å². The Bertz CT molecular complexity index is 4450. The Morgan fingerprint density at radius 3 is 1.01 bits per heavy atom. The lowest BCUT2D eigenvalue weighted by atomic mass is 9.91. The number of aryl methyl sites for hydroxylation is 2. The van der Waals surface area contributed by atoms with Gasteiger partial charge in [-0.1, -0.05) is 182 Å². The third-order valence-corrected chi connectivity index (χ3v) is 15.7. The van der Waals surface area contributed by atoms with Gasteiger partial charge in [-0.25, -0.2) is 9.97 Å². The molecule has 0 aliphatic heterocycles. The zero-order chi connectivity index (χ0) is 51.1. The minimum atomic E-state index is 0.714. The molecule has 0 N–H and O–H groups in total. The summed E-state index contributed by atoms with van der Waals surface area (Å²) in [4.78, 5) is 10.1. The summed E-state index contributed by atoms with van der Waals surface area (Å²) in [7, 11) is 0. The molecule has 0 bridgehead atoms. The largest absolute Gasteiger partial charge is 0.309 e. The van der Waals surface area contributed by atoms with Crippen LogP contribution in [0, 0.1) is 13.8 Å². The second-order valence-electron chi connectivity index (χ2n) is 20.3. The third kappa shape index (κ3) is 7.31. The van der Waals surface area contributed by atoms with Crippen LogP contribution in [0.5, 0.6) is 0 Å². The van der Waals surface area contributed by atoms with Crippen molar-refractivity contribution in [2.45, 2.75) is 13.8 Å². The molecule has 0 fully saturated rings. The van der Waals surface area contributed by atoms with Crippen LogP contribution in [0.25, 0.3) is 139 Å². The van der Waals surface area contributed by atoms with E-state index in [2.05, 4.69) is 264 Å². The lowest BCUT2D eigenvalue weighted by Crippen LogP contribution is -1.97. The van der Waals surface area contributed by atoms with Crippen molar-refractivity contribution in [3.05, 3.63) is 272 Å². The van der Waals surface area contributed by atoms with E-state index in [9.17, 15) is 0 Å². The first-order valence-electron chi connectivity index (χ1n) is 26.4. The third-order valence-electron chi connectivity index (χ3n) is 15.7. The van der Waals surface area contributed by atoms with Crippen molar-refractivity contribution >= 4 is 65.4 Å². The van der Waals surface area contributed by atoms with Gasteiger partial charge in [-0.15, -0.1) is 0 Å². The average molecular weight is 984 g/mol. The lowest BCUT2D eigenvalue weighted by Gasteiger charge is -2.15. The highest BCUT2D eigenvalue weighted by molar-refractivity contribution is 6.14. The highest BCUT2D eigenvalue weighted by atomic mass is 15.0. The van der Waals surface area contributed by atoms with Crippen molar-refractivity contribution in [1.82, 2.24) is 23.7 Å². The van der Waals surface area contributed by atoms with Crippen LogP contribution in [-0.4, -0.2) is 23.7 Å². The van der Waals surface area contributed by atoms with Crippen molar-refractivity contribution in [1.29, 1.82) is 0 Å². The molecule has 15 rings (SSSR count). The van der Waals surface area contributed by atoms with Gasteiger partial charge in [0.15, 0.2) is 5.82 Å². The molecule has 5 heteroatoms. The molecule has 0 unspecified atom stereocenters. The molecule has 362 valence electrons. The highest BCUT2D eigenvalue weighted by Crippen LogP contribution is 2.41. The number of para-hydroxylation sites is 4. The summed E-state index contributed by atoms with van der Waals surface area (Å²) in [6, 6.07) is 94.4. The second kappa shape index (κ2) is 17.8. The Morgan fingerprint density at radius 1 is 0.247 bits per heavy atom. The van der Waals surface area contributed by atoms with Gasteiger partial charge in [0.25, 0.3) is 0 Å². The summed E-state index contributed by atoms with van der Waals surface area (Å²) in [5.74, 6) is 0.714. The average Bonchev–Trinajstić information content (AvgIpc) is 4.15. The van der Waals surface area contributed by atoms with E-state index < -0.39 is 0 Å². The van der Waals surface area contributed by atoms with E-state index in [0.29, 0.717) is 5.82 Å². The van der Waals surface area contributed by atoms with Crippen molar-refractivity contribution in [3.8, 4) is 73.2 Å². The normalized spacial score (nSPS) is 11.8. The molecular formula is C72H49N5. The quantitative estimate of drug-likeness (QED) is 0.152. The minimum absolute atomic E-state index is 0.714. The topological polar surface area (TPSA) is 40.6 Å². The summed E-state index contributed by atoms with van der Waals surface area (Å²) in [6.07, 6.45) is 0. The smallest absolute Gasteiger partial charge is 0.160 e. The number of hydrogen-bond donors (Lipinski definition) is 0. The fourth-order valence-electron chi connectivity index (χ4n) is 12.1. The van der Waals surface area contributed by atoms with Crippen LogP contribution in [0.1, 0.15) is 11.1 Å². The fraction of sp³-hybridized carbons (Fsp3) is 0.0278. The minimum Gasteiger partial charge on any atom is -0.309 e. The lowest BCUT2D eigenvalue weighted by molar-refractivity contribution is 1.16. The fourth-order valence-corrected chi connectivity index (χ4v) is 12.1. The summed E-state index contributed by atoms with van der Waals surface area (Å²) < 4.78 is 7.29. The maximum Gasteiger partial charge on any atom is 0.160 e. The second-order valence-corrected chi connectivity index (χ2v) is 20.3. The molecule has 0 saturated carbocycles. The molecular weight excluding hydrogens is 935 g/mol. The molecule has 0 saturated heterocycles. The maximum absolute atomic E-state index is 5.08. The molecule has 77 heavy (non-hydrogen) atoms. The SMILES string of the molecule is Cc1cc(-c2ccc(-n3c4ccc(-n5c6ccccc6c6ccccc65)cc4c4cc(-n5c6ccccc6c6ccccc65)ccc43)cc2)c(C)cc1-c1ccc(-c2cc(-c3ccccc3)nc(-c3ccccc3)n2)cc1. The molecule has 5 nitrogen and oxygen atoms in total. The van der Waals surface area contributed by atoms with E-state index in [-0.39, 0.29) is 0 Å². The van der Waals surface area contributed by atoms with E-state index in [1.54, 1.807) is 0 Å². The van der Waals surface area contributed by atoms with E-state index in [0.717, 1.165) is 56.2 Å². The van der Waals surface area contributed by atoms with Gasteiger partial charge >= 0.3 is 0 Å². The van der Waals surface area contributed by atoms with Gasteiger partial charge in [0.1, 0.15) is 0 Å². The highest BCUT2D eigenvalue weighted by Gasteiger charge is 2.20. The van der Waals surface area contributed by atoms with Gasteiger partial charge in [-0.05, 0) is 126 Å². The summed E-state index contributed by atoms with van der Waals surface area (Å²) in [6.45, 7) is 4.46. The first-order valence-corrected chi connectivity index (χ1v) is 26.4. The van der Waals surface area contributed by atoms with Crippen LogP contribution in [0.4, 0.5) is 0 Å². The molecule has 0 aliphatic rings. The Balaban J connectivity index is 0.809. The Labute approximate surface area is 445 Å². The molecule has 0 aliphatic carbocycles. The van der Waals surface area contributed by atoms with Gasteiger partial charge in [-0.3, -0.25) is 0 Å². The first kappa shape index (κ1) is 44.4.